The molecule has 1 amide bonds. The van der Waals surface area contributed by atoms with E-state index in [0.717, 1.165) is 47.3 Å². The molecule has 33 heavy (non-hydrogen) atoms. The SMILES string of the molecule is CCC(C)(C)C1CCc2nc(SCC(=O)Nc3nc4ccc(OC)cc4s3)c(C#N)cc2C1. The van der Waals surface area contributed by atoms with Crippen LogP contribution in [0.15, 0.2) is 29.3 Å². The van der Waals surface area contributed by atoms with Crippen LogP contribution in [-0.4, -0.2) is 28.7 Å². The largest absolute Gasteiger partial charge is 0.497 e. The molecular formula is C25H28N4O2S2. The molecule has 0 aliphatic heterocycles. The van der Waals surface area contributed by atoms with Crippen molar-refractivity contribution in [3.05, 3.63) is 41.1 Å². The third-order valence-electron chi connectivity index (χ3n) is 6.67. The Hall–Kier alpha value is -2.63. The number of aromatic nitrogens is 2. The Kier molecular flexibility index (Phi) is 6.91. The number of anilines is 1. The summed E-state index contributed by atoms with van der Waals surface area (Å²) in [5.74, 6) is 1.36. The molecule has 8 heteroatoms. The van der Waals surface area contributed by atoms with Crippen molar-refractivity contribution in [2.75, 3.05) is 18.2 Å². The number of nitrogens with zero attached hydrogens (tertiary/aromatic N) is 3. The fourth-order valence-corrected chi connectivity index (χ4v) is 5.85. The number of aryl methyl sites for hydroxylation is 1. The monoisotopic (exact) mass is 480 g/mol. The molecule has 1 N–H and O–H groups in total. The summed E-state index contributed by atoms with van der Waals surface area (Å²) < 4.78 is 6.19. The van der Waals surface area contributed by atoms with Gasteiger partial charge in [0.05, 0.1) is 28.6 Å². The van der Waals surface area contributed by atoms with Crippen LogP contribution in [-0.2, 0) is 17.6 Å². The molecule has 0 bridgehead atoms. The lowest BCUT2D eigenvalue weighted by Gasteiger charge is -2.37. The quantitative estimate of drug-likeness (QED) is 0.427. The molecule has 2 aromatic heterocycles. The van der Waals surface area contributed by atoms with Crippen molar-refractivity contribution in [1.82, 2.24) is 9.97 Å². The molecule has 4 rings (SSSR count). The number of ether oxygens (including phenoxy) is 1. The van der Waals surface area contributed by atoms with Crippen LogP contribution in [0.3, 0.4) is 0 Å². The molecule has 6 nitrogen and oxygen atoms in total. The highest BCUT2D eigenvalue weighted by atomic mass is 32.2. The first-order chi connectivity index (χ1) is 15.8. The fraction of sp³-hybridized carbons (Fsp3) is 0.440. The number of rotatable bonds is 7. The number of benzene rings is 1. The molecule has 2 heterocycles. The van der Waals surface area contributed by atoms with Crippen molar-refractivity contribution in [2.24, 2.45) is 11.3 Å². The molecule has 1 atom stereocenters. The number of carbonyl (C=O) groups is 1. The zero-order valence-electron chi connectivity index (χ0n) is 19.4. The normalized spacial score (nSPS) is 15.7. The molecular weight excluding hydrogens is 452 g/mol. The smallest absolute Gasteiger partial charge is 0.236 e. The highest BCUT2D eigenvalue weighted by molar-refractivity contribution is 8.00. The summed E-state index contributed by atoms with van der Waals surface area (Å²) in [7, 11) is 1.62. The number of amides is 1. The number of fused-ring (bicyclic) bond motifs is 2. The first-order valence-corrected chi connectivity index (χ1v) is 12.9. The van der Waals surface area contributed by atoms with Crippen molar-refractivity contribution in [1.29, 1.82) is 5.26 Å². The van der Waals surface area contributed by atoms with E-state index in [1.165, 1.54) is 28.7 Å². The number of carbonyl (C=O) groups excluding carboxylic acids is 1. The van der Waals surface area contributed by atoms with E-state index in [1.54, 1.807) is 7.11 Å². The number of hydrogen-bond acceptors (Lipinski definition) is 7. The summed E-state index contributed by atoms with van der Waals surface area (Å²) in [6, 6.07) is 9.89. The number of methoxy groups -OCH3 is 1. The minimum atomic E-state index is -0.167. The van der Waals surface area contributed by atoms with E-state index in [4.69, 9.17) is 9.72 Å². The molecule has 0 radical (unpaired) electrons. The lowest BCUT2D eigenvalue weighted by Crippen LogP contribution is -2.29. The summed E-state index contributed by atoms with van der Waals surface area (Å²) in [5, 5.41) is 13.7. The van der Waals surface area contributed by atoms with E-state index in [0.29, 0.717) is 21.6 Å². The van der Waals surface area contributed by atoms with Gasteiger partial charge in [-0.1, -0.05) is 50.3 Å². The van der Waals surface area contributed by atoms with Crippen LogP contribution in [0.25, 0.3) is 10.2 Å². The summed E-state index contributed by atoms with van der Waals surface area (Å²) in [5.41, 5.74) is 3.90. The number of hydrogen-bond donors (Lipinski definition) is 1. The van der Waals surface area contributed by atoms with Gasteiger partial charge in [0.15, 0.2) is 5.13 Å². The Labute approximate surface area is 202 Å². The minimum absolute atomic E-state index is 0.167. The molecule has 1 aliphatic rings. The molecule has 0 saturated carbocycles. The van der Waals surface area contributed by atoms with E-state index < -0.39 is 0 Å². The average Bonchev–Trinajstić information content (AvgIpc) is 3.22. The molecule has 1 aliphatic carbocycles. The number of nitriles is 1. The second-order valence-electron chi connectivity index (χ2n) is 9.03. The lowest BCUT2D eigenvalue weighted by atomic mass is 9.69. The van der Waals surface area contributed by atoms with Crippen LogP contribution >= 0.6 is 23.1 Å². The number of thiazole rings is 1. The van der Waals surface area contributed by atoms with Gasteiger partial charge in [-0.15, -0.1) is 0 Å². The Morgan fingerprint density at radius 1 is 1.36 bits per heavy atom. The molecule has 172 valence electrons. The zero-order chi connectivity index (χ0) is 23.6. The van der Waals surface area contributed by atoms with E-state index in [1.807, 2.05) is 24.3 Å². The van der Waals surface area contributed by atoms with Crippen LogP contribution in [0, 0.1) is 22.7 Å². The van der Waals surface area contributed by atoms with Crippen LogP contribution < -0.4 is 10.1 Å². The predicted molar refractivity (Wildman–Crippen MR) is 134 cm³/mol. The summed E-state index contributed by atoms with van der Waals surface area (Å²) in [6.45, 7) is 6.89. The Bertz CT molecular complexity index is 1230. The van der Waals surface area contributed by atoms with Gasteiger partial charge in [0.1, 0.15) is 16.8 Å². The van der Waals surface area contributed by atoms with Crippen molar-refractivity contribution in [2.45, 2.75) is 51.5 Å². The summed E-state index contributed by atoms with van der Waals surface area (Å²) >= 11 is 2.71. The van der Waals surface area contributed by atoms with Crippen molar-refractivity contribution >= 4 is 44.4 Å². The van der Waals surface area contributed by atoms with E-state index in [9.17, 15) is 10.1 Å². The van der Waals surface area contributed by atoms with Crippen LogP contribution in [0.4, 0.5) is 5.13 Å². The van der Waals surface area contributed by atoms with Gasteiger partial charge in [-0.3, -0.25) is 4.79 Å². The average molecular weight is 481 g/mol. The molecule has 0 saturated heterocycles. The van der Waals surface area contributed by atoms with Gasteiger partial charge >= 0.3 is 0 Å². The highest BCUT2D eigenvalue weighted by Crippen LogP contribution is 2.40. The second-order valence-corrected chi connectivity index (χ2v) is 11.0. The Morgan fingerprint density at radius 3 is 2.91 bits per heavy atom. The first kappa shape index (κ1) is 23.5. The maximum Gasteiger partial charge on any atom is 0.236 e. The lowest BCUT2D eigenvalue weighted by molar-refractivity contribution is -0.113. The second kappa shape index (κ2) is 9.70. The Balaban J connectivity index is 1.43. The number of thioether (sulfide) groups is 1. The first-order valence-electron chi connectivity index (χ1n) is 11.1. The number of pyridine rings is 1. The fourth-order valence-electron chi connectivity index (χ4n) is 4.17. The maximum absolute atomic E-state index is 12.6. The molecule has 0 spiro atoms. The van der Waals surface area contributed by atoms with Gasteiger partial charge < -0.3 is 10.1 Å². The number of nitrogens with one attached hydrogen (secondary N) is 1. The standard InChI is InChI=1S/C25H28N4O2S2/c1-5-25(2,3)17-6-8-19-15(11-17)10-16(13-26)23(27-19)32-14-22(30)29-24-28-20-9-7-18(31-4)12-21(20)33-24/h7,9-10,12,17H,5-6,8,11,14H2,1-4H3,(H,28,29,30). The van der Waals surface area contributed by atoms with Crippen molar-refractivity contribution < 1.29 is 9.53 Å². The van der Waals surface area contributed by atoms with E-state index in [2.05, 4.69) is 37.1 Å². The van der Waals surface area contributed by atoms with Gasteiger partial charge in [-0.2, -0.15) is 5.26 Å². The van der Waals surface area contributed by atoms with Gasteiger partial charge in [-0.25, -0.2) is 9.97 Å². The van der Waals surface area contributed by atoms with Crippen LogP contribution in [0.5, 0.6) is 5.75 Å². The molecule has 0 fully saturated rings. The highest BCUT2D eigenvalue weighted by Gasteiger charge is 2.32. The third-order valence-corrected chi connectivity index (χ3v) is 8.60. The topological polar surface area (TPSA) is 87.9 Å². The summed E-state index contributed by atoms with van der Waals surface area (Å²) in [6.07, 6.45) is 4.13. The van der Waals surface area contributed by atoms with Gasteiger partial charge in [0.25, 0.3) is 0 Å². The van der Waals surface area contributed by atoms with Crippen LogP contribution in [0.2, 0.25) is 0 Å². The molecule has 3 aromatic rings. The van der Waals surface area contributed by atoms with E-state index in [-0.39, 0.29) is 17.1 Å². The molecule has 1 aromatic carbocycles. The van der Waals surface area contributed by atoms with E-state index >= 15 is 0 Å². The predicted octanol–water partition coefficient (Wildman–Crippen LogP) is 5.84. The van der Waals surface area contributed by atoms with Gasteiger partial charge in [-0.05, 0) is 60.4 Å². The minimum Gasteiger partial charge on any atom is -0.497 e. The summed E-state index contributed by atoms with van der Waals surface area (Å²) in [4.78, 5) is 21.8. The van der Waals surface area contributed by atoms with Gasteiger partial charge in [0, 0.05) is 5.69 Å². The molecule has 1 unspecified atom stereocenters. The van der Waals surface area contributed by atoms with Crippen LogP contribution in [0.1, 0.15) is 50.4 Å². The van der Waals surface area contributed by atoms with Gasteiger partial charge in [0.2, 0.25) is 5.91 Å². The van der Waals surface area contributed by atoms with Crippen molar-refractivity contribution in [3.63, 3.8) is 0 Å². The third kappa shape index (κ3) is 5.15. The maximum atomic E-state index is 12.6. The zero-order valence-corrected chi connectivity index (χ0v) is 21.0. The Morgan fingerprint density at radius 2 is 2.18 bits per heavy atom. The van der Waals surface area contributed by atoms with Crippen molar-refractivity contribution in [3.8, 4) is 11.8 Å².